The van der Waals surface area contributed by atoms with E-state index in [1.54, 1.807) is 0 Å². The normalized spacial score (nSPS) is 11.7. The van der Waals surface area contributed by atoms with Crippen molar-refractivity contribution >= 4 is 0 Å². The molecule has 0 fully saturated rings. The summed E-state index contributed by atoms with van der Waals surface area (Å²) in [5, 5.41) is 27.0. The molecule has 3 aromatic rings. The molecule has 0 spiro atoms. The van der Waals surface area contributed by atoms with Gasteiger partial charge in [0.1, 0.15) is 5.69 Å². The van der Waals surface area contributed by atoms with Crippen LogP contribution in [0.15, 0.2) is 54.7 Å². The van der Waals surface area contributed by atoms with E-state index in [1.807, 2.05) is 35.1 Å². The number of nitrogens with two attached hydrogens (primary N) is 1. The largest absolute Gasteiger partial charge is 0.394 e. The topological polar surface area (TPSA) is 97.2 Å². The van der Waals surface area contributed by atoms with Crippen LogP contribution in [0.4, 0.5) is 0 Å². The fraction of sp³-hybridized carbons (Fsp3) is 0.333. The molecule has 27 heavy (non-hydrogen) atoms. The molecule has 6 heteroatoms. The number of benzene rings is 2. The molecule has 1 aromatic heterocycles. The molecule has 142 valence electrons. The molecule has 0 amide bonds. The lowest BCUT2D eigenvalue weighted by molar-refractivity contribution is 0.115. The van der Waals surface area contributed by atoms with Crippen molar-refractivity contribution in [1.29, 1.82) is 0 Å². The maximum atomic E-state index is 9.28. The van der Waals surface area contributed by atoms with Gasteiger partial charge < -0.3 is 15.9 Å². The Morgan fingerprint density at radius 2 is 1.59 bits per heavy atom. The zero-order valence-corrected chi connectivity index (χ0v) is 15.5. The highest BCUT2D eigenvalue weighted by atomic mass is 16.3. The van der Waals surface area contributed by atoms with Crippen LogP contribution in [0.3, 0.4) is 0 Å². The van der Waals surface area contributed by atoms with Gasteiger partial charge in [0.05, 0.1) is 31.5 Å². The second-order valence-corrected chi connectivity index (χ2v) is 7.16. The first-order valence-electron chi connectivity index (χ1n) is 9.07. The van der Waals surface area contributed by atoms with Crippen LogP contribution >= 0.6 is 0 Å². The highest BCUT2D eigenvalue weighted by Gasteiger charge is 2.22. The van der Waals surface area contributed by atoms with E-state index in [0.717, 1.165) is 16.8 Å². The first kappa shape index (κ1) is 19.2. The molecule has 6 nitrogen and oxygen atoms in total. The fourth-order valence-electron chi connectivity index (χ4n) is 2.83. The van der Waals surface area contributed by atoms with Crippen LogP contribution < -0.4 is 5.73 Å². The van der Waals surface area contributed by atoms with E-state index in [0.29, 0.717) is 19.4 Å². The molecular formula is C21H26N4O2. The predicted octanol–water partition coefficient (Wildman–Crippen LogP) is 1.92. The minimum atomic E-state index is -0.933. The van der Waals surface area contributed by atoms with E-state index in [-0.39, 0.29) is 13.2 Å². The first-order valence-corrected chi connectivity index (χ1v) is 9.07. The number of aliphatic hydroxyl groups excluding tert-OH is 2. The van der Waals surface area contributed by atoms with Crippen LogP contribution in [-0.4, -0.2) is 44.0 Å². The molecule has 4 N–H and O–H groups in total. The number of aliphatic hydroxyl groups is 2. The zero-order chi connectivity index (χ0) is 19.3. The second kappa shape index (κ2) is 8.43. The molecule has 0 aliphatic heterocycles. The molecule has 0 atom stereocenters. The van der Waals surface area contributed by atoms with E-state index >= 15 is 0 Å². The van der Waals surface area contributed by atoms with E-state index in [1.165, 1.54) is 11.1 Å². The summed E-state index contributed by atoms with van der Waals surface area (Å²) in [5.41, 5.74) is 10.3. The predicted molar refractivity (Wildman–Crippen MR) is 105 cm³/mol. The maximum absolute atomic E-state index is 9.28. The average molecular weight is 366 g/mol. The highest BCUT2D eigenvalue weighted by Crippen LogP contribution is 2.19. The van der Waals surface area contributed by atoms with Gasteiger partial charge in [0.2, 0.25) is 0 Å². The number of rotatable bonds is 8. The van der Waals surface area contributed by atoms with Crippen LogP contribution in [-0.2, 0) is 13.0 Å². The molecule has 1 heterocycles. The van der Waals surface area contributed by atoms with Gasteiger partial charge >= 0.3 is 0 Å². The van der Waals surface area contributed by atoms with Crippen molar-refractivity contribution in [2.24, 2.45) is 5.73 Å². The quantitative estimate of drug-likeness (QED) is 0.566. The van der Waals surface area contributed by atoms with Crippen LogP contribution in [0.2, 0.25) is 0 Å². The van der Waals surface area contributed by atoms with Crippen LogP contribution in [0, 0.1) is 6.92 Å². The van der Waals surface area contributed by atoms with Crippen molar-refractivity contribution in [1.82, 2.24) is 15.0 Å². The van der Waals surface area contributed by atoms with Crippen LogP contribution in [0.5, 0.6) is 0 Å². The zero-order valence-electron chi connectivity index (χ0n) is 15.5. The Morgan fingerprint density at radius 1 is 0.963 bits per heavy atom. The Labute approximate surface area is 159 Å². The monoisotopic (exact) mass is 366 g/mol. The molecule has 0 radical (unpaired) electrons. The van der Waals surface area contributed by atoms with E-state index in [9.17, 15) is 10.2 Å². The van der Waals surface area contributed by atoms with Crippen molar-refractivity contribution in [2.75, 3.05) is 13.2 Å². The van der Waals surface area contributed by atoms with Crippen LogP contribution in [0.25, 0.3) is 11.3 Å². The lowest BCUT2D eigenvalue weighted by Crippen LogP contribution is -2.47. The third-order valence-corrected chi connectivity index (χ3v) is 4.79. The number of nitrogens with zero attached hydrogens (tertiary/aromatic N) is 3. The SMILES string of the molecule is Cc1ccc(Cn2cc(-c3ccc(CCC(N)(CO)CO)cc3)nn2)cc1. The number of hydrogen-bond acceptors (Lipinski definition) is 5. The van der Waals surface area contributed by atoms with Gasteiger partial charge in [0, 0.05) is 5.56 Å². The number of aryl methyl sites for hydroxylation is 2. The average Bonchev–Trinajstić information content (AvgIpc) is 3.17. The first-order chi connectivity index (χ1) is 13.0. The summed E-state index contributed by atoms with van der Waals surface area (Å²) in [7, 11) is 0. The third-order valence-electron chi connectivity index (χ3n) is 4.79. The number of hydrogen-bond donors (Lipinski definition) is 3. The maximum Gasteiger partial charge on any atom is 0.113 e. The summed E-state index contributed by atoms with van der Waals surface area (Å²) >= 11 is 0. The molecule has 0 aliphatic rings. The van der Waals surface area contributed by atoms with Crippen molar-refractivity contribution in [2.45, 2.75) is 31.8 Å². The summed E-state index contributed by atoms with van der Waals surface area (Å²) in [5.74, 6) is 0. The van der Waals surface area contributed by atoms with Crippen LogP contribution in [0.1, 0.15) is 23.1 Å². The van der Waals surface area contributed by atoms with E-state index < -0.39 is 5.54 Å². The van der Waals surface area contributed by atoms with Crippen molar-refractivity contribution in [3.05, 3.63) is 71.4 Å². The standard InChI is InChI=1S/C21H26N4O2/c1-16-2-4-18(5-3-16)12-25-13-20(23-24-25)19-8-6-17(7-9-19)10-11-21(22,14-26)15-27/h2-9,13,26-27H,10-12,14-15,22H2,1H3. The van der Waals surface area contributed by atoms with Gasteiger partial charge in [0.15, 0.2) is 0 Å². The van der Waals surface area contributed by atoms with Crippen molar-refractivity contribution in [3.63, 3.8) is 0 Å². The summed E-state index contributed by atoms with van der Waals surface area (Å²) in [4.78, 5) is 0. The Balaban J connectivity index is 1.63. The van der Waals surface area contributed by atoms with Gasteiger partial charge in [-0.1, -0.05) is 59.3 Å². The van der Waals surface area contributed by atoms with Gasteiger partial charge in [-0.2, -0.15) is 0 Å². The Bertz CT molecular complexity index is 853. The summed E-state index contributed by atoms with van der Waals surface area (Å²) in [6.45, 7) is 2.30. The van der Waals surface area contributed by atoms with Crippen molar-refractivity contribution in [3.8, 4) is 11.3 Å². The summed E-state index contributed by atoms with van der Waals surface area (Å²) < 4.78 is 1.83. The summed E-state index contributed by atoms with van der Waals surface area (Å²) in [6, 6.07) is 16.4. The van der Waals surface area contributed by atoms with Gasteiger partial charge in [-0.05, 0) is 30.9 Å². The lowest BCUT2D eigenvalue weighted by Gasteiger charge is -2.24. The minimum absolute atomic E-state index is 0.230. The van der Waals surface area contributed by atoms with Crippen molar-refractivity contribution < 1.29 is 10.2 Å². The van der Waals surface area contributed by atoms with Gasteiger partial charge in [-0.3, -0.25) is 0 Å². The highest BCUT2D eigenvalue weighted by molar-refractivity contribution is 5.58. The Hall–Kier alpha value is -2.54. The smallest absolute Gasteiger partial charge is 0.113 e. The van der Waals surface area contributed by atoms with E-state index in [2.05, 4.69) is 41.5 Å². The molecule has 3 rings (SSSR count). The molecule has 0 bridgehead atoms. The lowest BCUT2D eigenvalue weighted by atomic mass is 9.93. The van der Waals surface area contributed by atoms with Gasteiger partial charge in [-0.15, -0.1) is 5.10 Å². The molecule has 2 aromatic carbocycles. The molecule has 0 saturated heterocycles. The van der Waals surface area contributed by atoms with E-state index in [4.69, 9.17) is 5.73 Å². The Kier molecular flexibility index (Phi) is 6.01. The minimum Gasteiger partial charge on any atom is -0.394 e. The molecule has 0 aliphatic carbocycles. The fourth-order valence-corrected chi connectivity index (χ4v) is 2.83. The summed E-state index contributed by atoms with van der Waals surface area (Å²) in [6.07, 6.45) is 3.15. The third kappa shape index (κ3) is 5.01. The molecular weight excluding hydrogens is 340 g/mol. The van der Waals surface area contributed by atoms with Gasteiger partial charge in [-0.25, -0.2) is 4.68 Å². The molecule has 0 saturated carbocycles. The molecule has 0 unspecified atom stereocenters. The second-order valence-electron chi connectivity index (χ2n) is 7.16. The van der Waals surface area contributed by atoms with Gasteiger partial charge in [0.25, 0.3) is 0 Å². The Morgan fingerprint density at radius 3 is 2.22 bits per heavy atom. The number of aromatic nitrogens is 3.